The molecule has 0 radical (unpaired) electrons. The first kappa shape index (κ1) is 16.0. The van der Waals surface area contributed by atoms with E-state index in [1.54, 1.807) is 0 Å². The molecular formula is C18H27NO2. The predicted octanol–water partition coefficient (Wildman–Crippen LogP) is 3.98. The van der Waals surface area contributed by atoms with Crippen molar-refractivity contribution in [2.75, 3.05) is 0 Å². The van der Waals surface area contributed by atoms with Gasteiger partial charge in [0.25, 0.3) is 0 Å². The van der Waals surface area contributed by atoms with Gasteiger partial charge in [0, 0.05) is 12.5 Å². The molecule has 0 heterocycles. The van der Waals surface area contributed by atoms with Crippen LogP contribution in [0.4, 0.5) is 0 Å². The SMILES string of the molecule is CCC1CCCC(OC(=O)CCC(N)c2ccccc2)C1. The number of carbonyl (C=O) groups is 1. The fourth-order valence-corrected chi connectivity index (χ4v) is 3.10. The first-order chi connectivity index (χ1) is 10.2. The molecule has 0 aliphatic heterocycles. The van der Waals surface area contributed by atoms with E-state index in [1.165, 1.54) is 19.3 Å². The van der Waals surface area contributed by atoms with Crippen LogP contribution in [-0.4, -0.2) is 12.1 Å². The lowest BCUT2D eigenvalue weighted by atomic mass is 9.85. The Balaban J connectivity index is 1.72. The molecule has 1 saturated carbocycles. The topological polar surface area (TPSA) is 52.3 Å². The Morgan fingerprint density at radius 2 is 2.10 bits per heavy atom. The van der Waals surface area contributed by atoms with E-state index in [9.17, 15) is 4.79 Å². The quantitative estimate of drug-likeness (QED) is 0.806. The Bertz CT molecular complexity index is 432. The van der Waals surface area contributed by atoms with Crippen LogP contribution < -0.4 is 5.73 Å². The molecular weight excluding hydrogens is 262 g/mol. The summed E-state index contributed by atoms with van der Waals surface area (Å²) in [6.07, 6.45) is 6.89. The molecule has 1 aliphatic rings. The Hall–Kier alpha value is -1.35. The number of rotatable bonds is 6. The van der Waals surface area contributed by atoms with Gasteiger partial charge in [-0.25, -0.2) is 0 Å². The summed E-state index contributed by atoms with van der Waals surface area (Å²) < 4.78 is 5.62. The van der Waals surface area contributed by atoms with E-state index in [0.29, 0.717) is 12.8 Å². The van der Waals surface area contributed by atoms with E-state index in [1.807, 2.05) is 30.3 Å². The molecule has 3 atom stereocenters. The second-order valence-electron chi connectivity index (χ2n) is 6.11. The maximum atomic E-state index is 12.0. The first-order valence-corrected chi connectivity index (χ1v) is 8.19. The van der Waals surface area contributed by atoms with E-state index in [4.69, 9.17) is 10.5 Å². The number of esters is 1. The smallest absolute Gasteiger partial charge is 0.306 e. The molecule has 0 aromatic heterocycles. The highest BCUT2D eigenvalue weighted by Crippen LogP contribution is 2.28. The minimum atomic E-state index is -0.0943. The number of carbonyl (C=O) groups excluding carboxylic acids is 1. The summed E-state index contributed by atoms with van der Waals surface area (Å²) in [6, 6.07) is 9.83. The van der Waals surface area contributed by atoms with Crippen molar-refractivity contribution in [3.63, 3.8) is 0 Å². The summed E-state index contributed by atoms with van der Waals surface area (Å²) >= 11 is 0. The number of hydrogen-bond acceptors (Lipinski definition) is 3. The number of hydrogen-bond donors (Lipinski definition) is 1. The minimum absolute atomic E-state index is 0.0894. The highest BCUT2D eigenvalue weighted by atomic mass is 16.5. The zero-order valence-electron chi connectivity index (χ0n) is 13.0. The third-order valence-electron chi connectivity index (χ3n) is 4.50. The van der Waals surface area contributed by atoms with Crippen LogP contribution in [0.3, 0.4) is 0 Å². The van der Waals surface area contributed by atoms with Crippen molar-refractivity contribution < 1.29 is 9.53 Å². The van der Waals surface area contributed by atoms with E-state index in [-0.39, 0.29) is 18.1 Å². The molecule has 21 heavy (non-hydrogen) atoms. The Labute approximate surface area is 127 Å². The maximum Gasteiger partial charge on any atom is 0.306 e. The fraction of sp³-hybridized carbons (Fsp3) is 0.611. The van der Waals surface area contributed by atoms with Gasteiger partial charge in [0.1, 0.15) is 6.10 Å². The van der Waals surface area contributed by atoms with Crippen molar-refractivity contribution in [3.8, 4) is 0 Å². The van der Waals surface area contributed by atoms with E-state index < -0.39 is 0 Å². The molecule has 0 spiro atoms. The molecule has 0 bridgehead atoms. The Morgan fingerprint density at radius 1 is 1.33 bits per heavy atom. The van der Waals surface area contributed by atoms with Gasteiger partial charge < -0.3 is 10.5 Å². The third-order valence-corrected chi connectivity index (χ3v) is 4.50. The van der Waals surface area contributed by atoms with Crippen LogP contribution in [-0.2, 0) is 9.53 Å². The first-order valence-electron chi connectivity index (χ1n) is 8.19. The lowest BCUT2D eigenvalue weighted by Gasteiger charge is -2.28. The third kappa shape index (κ3) is 5.16. The largest absolute Gasteiger partial charge is 0.462 e. The molecule has 2 rings (SSSR count). The lowest BCUT2D eigenvalue weighted by molar-refractivity contribution is -0.151. The van der Waals surface area contributed by atoms with E-state index >= 15 is 0 Å². The fourth-order valence-electron chi connectivity index (χ4n) is 3.10. The van der Waals surface area contributed by atoms with E-state index in [2.05, 4.69) is 6.92 Å². The zero-order chi connectivity index (χ0) is 15.1. The van der Waals surface area contributed by atoms with E-state index in [0.717, 1.165) is 24.3 Å². The molecule has 1 aromatic rings. The van der Waals surface area contributed by atoms with Crippen molar-refractivity contribution in [2.45, 2.75) is 64.0 Å². The van der Waals surface area contributed by atoms with Crippen molar-refractivity contribution in [3.05, 3.63) is 35.9 Å². The predicted molar refractivity (Wildman–Crippen MR) is 84.7 cm³/mol. The van der Waals surface area contributed by atoms with Crippen LogP contribution in [0.15, 0.2) is 30.3 Å². The van der Waals surface area contributed by atoms with Crippen LogP contribution in [0.25, 0.3) is 0 Å². The molecule has 1 fully saturated rings. The summed E-state index contributed by atoms with van der Waals surface area (Å²) in [5.41, 5.74) is 7.19. The Kier molecular flexibility index (Phi) is 6.24. The molecule has 1 aromatic carbocycles. The van der Waals surface area contributed by atoms with Gasteiger partial charge >= 0.3 is 5.97 Å². The van der Waals surface area contributed by atoms with Crippen molar-refractivity contribution in [1.82, 2.24) is 0 Å². The number of ether oxygens (including phenoxy) is 1. The van der Waals surface area contributed by atoms with Gasteiger partial charge in [0.15, 0.2) is 0 Å². The molecule has 0 amide bonds. The summed E-state index contributed by atoms with van der Waals surface area (Å²) in [4.78, 5) is 12.0. The number of nitrogens with two attached hydrogens (primary N) is 1. The monoisotopic (exact) mass is 289 g/mol. The van der Waals surface area contributed by atoms with Crippen molar-refractivity contribution in [2.24, 2.45) is 11.7 Å². The van der Waals surface area contributed by atoms with Gasteiger partial charge in [-0.2, -0.15) is 0 Å². The summed E-state index contributed by atoms with van der Waals surface area (Å²) in [5.74, 6) is 0.631. The second kappa shape index (κ2) is 8.18. The average Bonchev–Trinajstić information content (AvgIpc) is 2.53. The normalized spacial score (nSPS) is 23.5. The van der Waals surface area contributed by atoms with Crippen LogP contribution in [0, 0.1) is 5.92 Å². The second-order valence-corrected chi connectivity index (χ2v) is 6.11. The molecule has 3 nitrogen and oxygen atoms in total. The summed E-state index contributed by atoms with van der Waals surface area (Å²) in [6.45, 7) is 2.22. The van der Waals surface area contributed by atoms with Crippen molar-refractivity contribution >= 4 is 5.97 Å². The van der Waals surface area contributed by atoms with Gasteiger partial charge in [0.05, 0.1) is 0 Å². The molecule has 116 valence electrons. The molecule has 0 saturated heterocycles. The molecule has 1 aliphatic carbocycles. The maximum absolute atomic E-state index is 12.0. The molecule has 2 N–H and O–H groups in total. The van der Waals surface area contributed by atoms with Gasteiger partial charge in [-0.3, -0.25) is 4.79 Å². The van der Waals surface area contributed by atoms with Gasteiger partial charge in [-0.15, -0.1) is 0 Å². The van der Waals surface area contributed by atoms with Crippen LogP contribution in [0.2, 0.25) is 0 Å². The van der Waals surface area contributed by atoms with Crippen LogP contribution in [0.5, 0.6) is 0 Å². The standard InChI is InChI=1S/C18H27NO2/c1-2-14-7-6-10-16(13-14)21-18(20)12-11-17(19)15-8-4-3-5-9-15/h3-5,8-9,14,16-17H,2,6-7,10-13,19H2,1H3. The number of benzene rings is 1. The highest BCUT2D eigenvalue weighted by Gasteiger charge is 2.23. The average molecular weight is 289 g/mol. The van der Waals surface area contributed by atoms with Gasteiger partial charge in [0.2, 0.25) is 0 Å². The summed E-state index contributed by atoms with van der Waals surface area (Å²) in [7, 11) is 0. The lowest BCUT2D eigenvalue weighted by Crippen LogP contribution is -2.25. The summed E-state index contributed by atoms with van der Waals surface area (Å²) in [5, 5.41) is 0. The Morgan fingerprint density at radius 3 is 2.81 bits per heavy atom. The van der Waals surface area contributed by atoms with Crippen LogP contribution in [0.1, 0.15) is 63.5 Å². The highest BCUT2D eigenvalue weighted by molar-refractivity contribution is 5.69. The van der Waals surface area contributed by atoms with Crippen molar-refractivity contribution in [1.29, 1.82) is 0 Å². The molecule has 3 heteroatoms. The minimum Gasteiger partial charge on any atom is -0.462 e. The molecule has 3 unspecified atom stereocenters. The van der Waals surface area contributed by atoms with Gasteiger partial charge in [-0.05, 0) is 37.2 Å². The van der Waals surface area contributed by atoms with Crippen LogP contribution >= 0.6 is 0 Å². The van der Waals surface area contributed by atoms with Gasteiger partial charge in [-0.1, -0.05) is 50.1 Å². The zero-order valence-corrected chi connectivity index (χ0v) is 13.0.